The minimum absolute atomic E-state index is 0.331. The fraction of sp³-hybridized carbons (Fsp3) is 0.778. The molecular formula is C9H15N. The molecule has 10 heavy (non-hydrogen) atoms. The van der Waals surface area contributed by atoms with Crippen LogP contribution in [0, 0.1) is 12.3 Å². The van der Waals surface area contributed by atoms with Crippen molar-refractivity contribution in [1.29, 1.82) is 0 Å². The Morgan fingerprint density at radius 3 is 2.80 bits per heavy atom. The van der Waals surface area contributed by atoms with Crippen LogP contribution in [-0.4, -0.2) is 12.1 Å². The highest BCUT2D eigenvalue weighted by molar-refractivity contribution is 5.01. The molecule has 0 saturated heterocycles. The highest BCUT2D eigenvalue weighted by Gasteiger charge is 2.22. The second-order valence-electron chi connectivity index (χ2n) is 2.95. The highest BCUT2D eigenvalue weighted by atomic mass is 15.0. The Morgan fingerprint density at radius 1 is 1.70 bits per heavy atom. The van der Waals surface area contributed by atoms with E-state index >= 15 is 0 Å². The van der Waals surface area contributed by atoms with Crippen LogP contribution in [0.25, 0.3) is 0 Å². The zero-order chi connectivity index (χ0) is 7.40. The van der Waals surface area contributed by atoms with Crippen molar-refractivity contribution in [3.8, 4) is 12.3 Å². The average molecular weight is 137 g/mol. The van der Waals surface area contributed by atoms with E-state index in [9.17, 15) is 0 Å². The Kier molecular flexibility index (Phi) is 2.77. The first-order chi connectivity index (χ1) is 4.86. The lowest BCUT2D eigenvalue weighted by atomic mass is 10.2. The van der Waals surface area contributed by atoms with E-state index in [2.05, 4.69) is 18.2 Å². The molecule has 0 heterocycles. The Hall–Kier alpha value is -0.480. The lowest BCUT2D eigenvalue weighted by Crippen LogP contribution is -2.29. The Morgan fingerprint density at radius 2 is 2.40 bits per heavy atom. The van der Waals surface area contributed by atoms with Crippen LogP contribution in [-0.2, 0) is 0 Å². The SMILES string of the molecule is C#CC(CCC)NC1CC1. The summed E-state index contributed by atoms with van der Waals surface area (Å²) >= 11 is 0. The molecule has 1 N–H and O–H groups in total. The van der Waals surface area contributed by atoms with Gasteiger partial charge in [-0.25, -0.2) is 0 Å². The van der Waals surface area contributed by atoms with Crippen molar-refractivity contribution >= 4 is 0 Å². The lowest BCUT2D eigenvalue weighted by Gasteiger charge is -2.09. The third-order valence-corrected chi connectivity index (χ3v) is 1.79. The van der Waals surface area contributed by atoms with E-state index in [0.29, 0.717) is 6.04 Å². The molecule has 1 aliphatic carbocycles. The molecule has 0 aromatic heterocycles. The van der Waals surface area contributed by atoms with Gasteiger partial charge in [0.05, 0.1) is 6.04 Å². The van der Waals surface area contributed by atoms with Gasteiger partial charge in [-0.3, -0.25) is 0 Å². The van der Waals surface area contributed by atoms with Crippen molar-refractivity contribution in [2.24, 2.45) is 0 Å². The van der Waals surface area contributed by atoms with Crippen LogP contribution in [0.15, 0.2) is 0 Å². The first-order valence-electron chi connectivity index (χ1n) is 4.09. The minimum atomic E-state index is 0.331. The van der Waals surface area contributed by atoms with Gasteiger partial charge in [0.25, 0.3) is 0 Å². The van der Waals surface area contributed by atoms with Crippen molar-refractivity contribution in [1.82, 2.24) is 5.32 Å². The summed E-state index contributed by atoms with van der Waals surface area (Å²) < 4.78 is 0. The molecule has 0 spiro atoms. The monoisotopic (exact) mass is 137 g/mol. The van der Waals surface area contributed by atoms with Gasteiger partial charge in [0.1, 0.15) is 0 Å². The summed E-state index contributed by atoms with van der Waals surface area (Å²) in [6.45, 7) is 2.17. The van der Waals surface area contributed by atoms with Crippen LogP contribution < -0.4 is 5.32 Å². The van der Waals surface area contributed by atoms with Gasteiger partial charge in [0.2, 0.25) is 0 Å². The standard InChI is InChI=1S/C9H15N/c1-3-5-8(4-2)10-9-6-7-9/h2,8-10H,3,5-7H2,1H3. The zero-order valence-electron chi connectivity index (χ0n) is 6.56. The molecule has 1 fully saturated rings. The third-order valence-electron chi connectivity index (χ3n) is 1.79. The highest BCUT2D eigenvalue weighted by Crippen LogP contribution is 2.19. The zero-order valence-corrected chi connectivity index (χ0v) is 6.56. The number of hydrogen-bond donors (Lipinski definition) is 1. The lowest BCUT2D eigenvalue weighted by molar-refractivity contribution is 0.560. The fourth-order valence-electron chi connectivity index (χ4n) is 1.04. The summed E-state index contributed by atoms with van der Waals surface area (Å²) in [5.41, 5.74) is 0. The van der Waals surface area contributed by atoms with Gasteiger partial charge in [-0.1, -0.05) is 19.3 Å². The van der Waals surface area contributed by atoms with Gasteiger partial charge in [-0.2, -0.15) is 0 Å². The van der Waals surface area contributed by atoms with E-state index in [1.165, 1.54) is 19.3 Å². The number of hydrogen-bond acceptors (Lipinski definition) is 1. The van der Waals surface area contributed by atoms with Crippen molar-refractivity contribution in [3.63, 3.8) is 0 Å². The maximum Gasteiger partial charge on any atom is 0.0688 e. The number of terminal acetylenes is 1. The van der Waals surface area contributed by atoms with E-state index < -0.39 is 0 Å². The largest absolute Gasteiger partial charge is 0.301 e. The summed E-state index contributed by atoms with van der Waals surface area (Å²) in [7, 11) is 0. The summed E-state index contributed by atoms with van der Waals surface area (Å²) in [6.07, 6.45) is 10.3. The summed E-state index contributed by atoms with van der Waals surface area (Å²) in [4.78, 5) is 0. The smallest absolute Gasteiger partial charge is 0.0688 e. The van der Waals surface area contributed by atoms with Gasteiger partial charge in [-0.15, -0.1) is 6.42 Å². The molecule has 0 amide bonds. The predicted molar refractivity (Wildman–Crippen MR) is 43.7 cm³/mol. The molecule has 1 atom stereocenters. The molecule has 0 aromatic rings. The van der Waals surface area contributed by atoms with Crippen LogP contribution in [0.4, 0.5) is 0 Å². The van der Waals surface area contributed by atoms with Crippen LogP contribution in [0.1, 0.15) is 32.6 Å². The quantitative estimate of drug-likeness (QED) is 0.579. The number of nitrogens with one attached hydrogen (secondary N) is 1. The van der Waals surface area contributed by atoms with Crippen molar-refractivity contribution < 1.29 is 0 Å². The first kappa shape index (κ1) is 7.63. The second kappa shape index (κ2) is 3.63. The Balaban J connectivity index is 2.13. The van der Waals surface area contributed by atoms with Crippen LogP contribution in [0.3, 0.4) is 0 Å². The summed E-state index contributed by atoms with van der Waals surface area (Å²) in [6, 6.07) is 1.07. The first-order valence-corrected chi connectivity index (χ1v) is 4.09. The molecule has 0 bridgehead atoms. The summed E-state index contributed by atoms with van der Waals surface area (Å²) in [5, 5.41) is 3.41. The normalized spacial score (nSPS) is 20.0. The maximum absolute atomic E-state index is 5.32. The predicted octanol–water partition coefficient (Wildman–Crippen LogP) is 1.54. The third kappa shape index (κ3) is 2.41. The molecular weight excluding hydrogens is 122 g/mol. The van der Waals surface area contributed by atoms with Gasteiger partial charge < -0.3 is 5.32 Å². The molecule has 0 radical (unpaired) electrons. The molecule has 56 valence electrons. The molecule has 1 saturated carbocycles. The van der Waals surface area contributed by atoms with E-state index in [0.717, 1.165) is 12.5 Å². The van der Waals surface area contributed by atoms with Crippen LogP contribution in [0.5, 0.6) is 0 Å². The van der Waals surface area contributed by atoms with Gasteiger partial charge in [0.15, 0.2) is 0 Å². The average Bonchev–Trinajstić information content (AvgIpc) is 2.71. The molecule has 1 aliphatic rings. The topological polar surface area (TPSA) is 12.0 Å². The van der Waals surface area contributed by atoms with E-state index in [-0.39, 0.29) is 0 Å². The fourth-order valence-corrected chi connectivity index (χ4v) is 1.04. The van der Waals surface area contributed by atoms with Crippen molar-refractivity contribution in [2.45, 2.75) is 44.7 Å². The van der Waals surface area contributed by atoms with E-state index in [1.807, 2.05) is 0 Å². The molecule has 0 aromatic carbocycles. The molecule has 1 nitrogen and oxygen atoms in total. The second-order valence-corrected chi connectivity index (χ2v) is 2.95. The van der Waals surface area contributed by atoms with Crippen molar-refractivity contribution in [3.05, 3.63) is 0 Å². The number of rotatable bonds is 4. The minimum Gasteiger partial charge on any atom is -0.301 e. The van der Waals surface area contributed by atoms with Crippen LogP contribution >= 0.6 is 0 Å². The summed E-state index contributed by atoms with van der Waals surface area (Å²) in [5.74, 6) is 2.76. The van der Waals surface area contributed by atoms with Gasteiger partial charge >= 0.3 is 0 Å². The van der Waals surface area contributed by atoms with Gasteiger partial charge in [-0.05, 0) is 19.3 Å². The van der Waals surface area contributed by atoms with Crippen molar-refractivity contribution in [2.75, 3.05) is 0 Å². The molecule has 1 heteroatoms. The van der Waals surface area contributed by atoms with Crippen LogP contribution in [0.2, 0.25) is 0 Å². The molecule has 1 unspecified atom stereocenters. The van der Waals surface area contributed by atoms with E-state index in [4.69, 9.17) is 6.42 Å². The Labute approximate surface area is 63.2 Å². The molecule has 1 rings (SSSR count). The molecule has 0 aliphatic heterocycles. The maximum atomic E-state index is 5.32. The Bertz CT molecular complexity index is 130. The van der Waals surface area contributed by atoms with E-state index in [1.54, 1.807) is 0 Å². The van der Waals surface area contributed by atoms with Gasteiger partial charge in [0, 0.05) is 6.04 Å².